The average molecular weight is 176 g/mol. The molecule has 3 nitrogen and oxygen atoms in total. The minimum atomic E-state index is -0.105. The number of quaternary nitrogens is 1. The molecule has 0 saturated heterocycles. The number of hydrogen-bond donors (Lipinski definition) is 1. The summed E-state index contributed by atoms with van der Waals surface area (Å²) in [5.74, 6) is 2.62. The van der Waals surface area contributed by atoms with Crippen molar-refractivity contribution < 1.29 is 14.2 Å². The summed E-state index contributed by atoms with van der Waals surface area (Å²) in [5, 5.41) is 8.47. The Labute approximate surface area is 69.0 Å². The van der Waals surface area contributed by atoms with Crippen molar-refractivity contribution in [3.63, 3.8) is 0 Å². The number of aliphatic hydroxyl groups excluding tert-OH is 1. The van der Waals surface area contributed by atoms with Crippen molar-refractivity contribution in [3.05, 3.63) is 13.2 Å². The molecule has 0 heterocycles. The summed E-state index contributed by atoms with van der Waals surface area (Å²) in [4.78, 5) is 0. The van der Waals surface area contributed by atoms with Crippen molar-refractivity contribution >= 4 is 7.92 Å². The number of likely N-dealkylation sites (N-methyl/N-ethyl adjacent to an activating group) is 1. The molecule has 0 aromatic rings. The van der Waals surface area contributed by atoms with Crippen LogP contribution in [0.3, 0.4) is 0 Å². The van der Waals surface area contributed by atoms with Crippen LogP contribution in [0.15, 0.2) is 13.2 Å². The molecule has 0 bridgehead atoms. The van der Waals surface area contributed by atoms with E-state index in [1.54, 1.807) is 0 Å². The summed E-state index contributed by atoms with van der Waals surface area (Å²) in [6.07, 6.45) is 0. The van der Waals surface area contributed by atoms with E-state index in [1.165, 1.54) is 0 Å². The van der Waals surface area contributed by atoms with E-state index in [2.05, 4.69) is 18.9 Å². The van der Waals surface area contributed by atoms with E-state index in [-0.39, 0.29) is 14.5 Å². The van der Waals surface area contributed by atoms with Gasteiger partial charge in [0.15, 0.2) is 0 Å². The van der Waals surface area contributed by atoms with Gasteiger partial charge in [-0.25, -0.2) is 0 Å². The molecule has 0 atom stereocenters. The zero-order valence-electron chi connectivity index (χ0n) is 7.08. The fourth-order valence-corrected chi connectivity index (χ4v) is 0.732. The van der Waals surface area contributed by atoms with E-state index in [9.17, 15) is 4.57 Å². The maximum absolute atomic E-state index is 9.98. The molecule has 0 aliphatic carbocycles. The van der Waals surface area contributed by atoms with Gasteiger partial charge < -0.3 is 0 Å². The predicted octanol–water partition coefficient (Wildman–Crippen LogP) is 1.07. The van der Waals surface area contributed by atoms with Crippen LogP contribution < -0.4 is 0 Å². The number of rotatable bonds is 2. The van der Waals surface area contributed by atoms with Crippen LogP contribution in [0.4, 0.5) is 0 Å². The topological polar surface area (TPSA) is 37.3 Å². The van der Waals surface area contributed by atoms with Gasteiger partial charge in [0.1, 0.15) is 0 Å². The second-order valence-electron chi connectivity index (χ2n) is 2.32. The second kappa shape index (κ2) is 7.77. The van der Waals surface area contributed by atoms with Crippen LogP contribution in [0.1, 0.15) is 0 Å². The van der Waals surface area contributed by atoms with Gasteiger partial charge in [-0.1, -0.05) is 0 Å². The fraction of sp³-hybridized carbons (Fsp3) is 0.571. The van der Waals surface area contributed by atoms with E-state index in [0.29, 0.717) is 11.0 Å². The zero-order valence-corrected chi connectivity index (χ0v) is 7.97. The van der Waals surface area contributed by atoms with E-state index < -0.39 is 0 Å². The van der Waals surface area contributed by atoms with E-state index in [4.69, 9.17) is 5.11 Å². The van der Waals surface area contributed by atoms with Crippen molar-refractivity contribution in [2.75, 3.05) is 27.2 Å². The maximum atomic E-state index is 9.98. The molecule has 0 spiro atoms. The Morgan fingerprint density at radius 1 is 1.55 bits per heavy atom. The van der Waals surface area contributed by atoms with Gasteiger partial charge in [-0.2, -0.15) is 0 Å². The first-order chi connectivity index (χ1) is 5.12. The molecule has 0 fully saturated rings. The van der Waals surface area contributed by atoms with Crippen molar-refractivity contribution in [2.24, 2.45) is 0 Å². The van der Waals surface area contributed by atoms with Crippen LogP contribution in [0.2, 0.25) is 0 Å². The average Bonchev–Trinajstić information content (AvgIpc) is 1.91. The van der Waals surface area contributed by atoms with Crippen LogP contribution in [0, 0.1) is 5.75 Å². The normalized spacial score (nSPS) is 9.00. The molecule has 1 N–H and O–H groups in total. The summed E-state index contributed by atoms with van der Waals surface area (Å²) in [6.45, 7) is 6.64. The van der Waals surface area contributed by atoms with E-state index in [0.717, 1.165) is 0 Å². The molecular weight excluding hydrogens is 161 g/mol. The van der Waals surface area contributed by atoms with Gasteiger partial charge in [0.25, 0.3) is 0 Å². The Balaban J connectivity index is 0. The van der Waals surface area contributed by atoms with Gasteiger partial charge in [0.05, 0.1) is 0 Å². The predicted molar refractivity (Wildman–Crippen MR) is 46.8 cm³/mol. The fourth-order valence-electron chi connectivity index (χ4n) is 0.411. The first-order valence-electron chi connectivity index (χ1n) is 3.16. The van der Waals surface area contributed by atoms with Gasteiger partial charge >= 0.3 is 55.1 Å². The summed E-state index contributed by atoms with van der Waals surface area (Å²) < 4.78 is 10.3. The minimum absolute atomic E-state index is 0.0928. The van der Waals surface area contributed by atoms with Crippen LogP contribution in [-0.4, -0.2) is 36.8 Å². The number of nitrogens with zero attached hydrogens (tertiary/aromatic N) is 1. The van der Waals surface area contributed by atoms with Gasteiger partial charge in [0.2, 0.25) is 0 Å². The molecule has 0 unspecified atom stereocenters. The summed E-state index contributed by atoms with van der Waals surface area (Å²) >= 11 is 0. The molecule has 64 valence electrons. The Kier molecular flexibility index (Phi) is 9.38. The Morgan fingerprint density at radius 2 is 2.00 bits per heavy atom. The van der Waals surface area contributed by atoms with Gasteiger partial charge in [-0.15, -0.1) is 13.2 Å². The number of hydrogen-bond acceptors (Lipinski definition) is 2. The Bertz CT molecular complexity index is 184. The van der Waals surface area contributed by atoms with Crippen molar-refractivity contribution in [3.8, 4) is 5.75 Å². The number of aliphatic hydroxyl groups is 1. The SMILES string of the molecule is C=C.C[N+](C)(C#P=O)CCO. The van der Waals surface area contributed by atoms with E-state index >= 15 is 0 Å². The molecule has 4 heteroatoms. The van der Waals surface area contributed by atoms with Gasteiger partial charge in [0, 0.05) is 0 Å². The summed E-state index contributed by atoms with van der Waals surface area (Å²) in [5.41, 5.74) is 0. The van der Waals surface area contributed by atoms with Crippen LogP contribution in [-0.2, 0) is 4.57 Å². The quantitative estimate of drug-likeness (QED) is 0.388. The van der Waals surface area contributed by atoms with Crippen LogP contribution >= 0.6 is 7.92 Å². The molecule has 0 rings (SSSR count). The molecule has 0 aromatic heterocycles. The molecule has 11 heavy (non-hydrogen) atoms. The molecule has 0 radical (unpaired) electrons. The third-order valence-electron chi connectivity index (χ3n) is 0.971. The molecule has 0 aromatic carbocycles. The van der Waals surface area contributed by atoms with Gasteiger partial charge in [-0.05, 0) is 0 Å². The van der Waals surface area contributed by atoms with Crippen LogP contribution in [0.5, 0.6) is 0 Å². The molecule has 0 aliphatic rings. The summed E-state index contributed by atoms with van der Waals surface area (Å²) in [7, 11) is 3.54. The monoisotopic (exact) mass is 176 g/mol. The third-order valence-corrected chi connectivity index (χ3v) is 1.59. The Morgan fingerprint density at radius 3 is 2.27 bits per heavy atom. The molecule has 0 aliphatic heterocycles. The molecule has 0 saturated carbocycles. The molecule has 0 amide bonds. The summed E-state index contributed by atoms with van der Waals surface area (Å²) in [6, 6.07) is 0. The standard InChI is InChI=1S/C5H11NO2P.C2H4/c1-6(2,3-4-7)5-9-8;1-2/h7H,3-4H2,1-2H3;1-2H2/q+1;. The Hall–Kier alpha value is -0.330. The first kappa shape index (κ1) is 13.3. The van der Waals surface area contributed by atoms with Gasteiger partial charge in [-0.3, -0.25) is 0 Å². The third kappa shape index (κ3) is 9.67. The molecular formula is C7H15NO2P+. The van der Waals surface area contributed by atoms with Crippen LogP contribution in [0.25, 0.3) is 0 Å². The van der Waals surface area contributed by atoms with E-state index in [1.807, 2.05) is 14.1 Å². The van der Waals surface area contributed by atoms with Crippen molar-refractivity contribution in [2.45, 2.75) is 0 Å². The van der Waals surface area contributed by atoms with Crippen molar-refractivity contribution in [1.82, 2.24) is 0 Å². The second-order valence-corrected chi connectivity index (χ2v) is 2.71. The zero-order chi connectivity index (χ0) is 9.33. The first-order valence-corrected chi connectivity index (χ1v) is 3.97. The van der Waals surface area contributed by atoms with Crippen molar-refractivity contribution in [1.29, 1.82) is 0 Å².